The Bertz CT molecular complexity index is 445. The van der Waals surface area contributed by atoms with Crippen LogP contribution in [-0.4, -0.2) is 12.1 Å². The molecule has 0 saturated heterocycles. The summed E-state index contributed by atoms with van der Waals surface area (Å²) in [5.74, 6) is 0.859. The van der Waals surface area contributed by atoms with Gasteiger partial charge in [0.2, 0.25) is 6.33 Å². The third-order valence-electron chi connectivity index (χ3n) is 2.18. The molecule has 1 N–H and O–H groups in total. The smallest absolute Gasteiger partial charge is 0.241 e. The molecule has 86 valence electrons. The zero-order valence-electron chi connectivity index (χ0n) is 8.78. The largest absolute Gasteiger partial charge is 1.00 e. The van der Waals surface area contributed by atoms with E-state index in [-0.39, 0.29) is 12.4 Å². The highest BCUT2D eigenvalue weighted by atomic mass is 79.9. The minimum Gasteiger partial charge on any atom is -1.00 e. The summed E-state index contributed by atoms with van der Waals surface area (Å²) >= 11 is 3.47. The molecule has 0 atom stereocenters. The van der Waals surface area contributed by atoms with Gasteiger partial charge in [-0.05, 0) is 33.6 Å². The lowest BCUT2D eigenvalue weighted by Gasteiger charge is -2.04. The van der Waals surface area contributed by atoms with E-state index < -0.39 is 0 Å². The molecular weight excluding hydrogens is 291 g/mol. The lowest BCUT2D eigenvalue weighted by Crippen LogP contribution is -3.00. The SMILES string of the molecule is COc1ccc(C[n+]2cc[nH]c2)cc1Br.[Cl-]. The van der Waals surface area contributed by atoms with Crippen molar-refractivity contribution in [1.29, 1.82) is 0 Å². The van der Waals surface area contributed by atoms with Crippen LogP contribution in [0.2, 0.25) is 0 Å². The number of H-pyrrole nitrogens is 1. The molecule has 16 heavy (non-hydrogen) atoms. The Kier molecular flexibility index (Phi) is 4.83. The fourth-order valence-electron chi connectivity index (χ4n) is 1.44. The van der Waals surface area contributed by atoms with Crippen LogP contribution in [-0.2, 0) is 6.54 Å². The number of rotatable bonds is 3. The average molecular weight is 304 g/mol. The van der Waals surface area contributed by atoms with E-state index in [0.29, 0.717) is 0 Å². The van der Waals surface area contributed by atoms with Crippen LogP contribution in [0.5, 0.6) is 5.75 Å². The van der Waals surface area contributed by atoms with Crippen molar-refractivity contribution in [3.05, 3.63) is 47.0 Å². The van der Waals surface area contributed by atoms with Crippen LogP contribution >= 0.6 is 15.9 Å². The lowest BCUT2D eigenvalue weighted by molar-refractivity contribution is -0.687. The highest BCUT2D eigenvalue weighted by molar-refractivity contribution is 9.10. The van der Waals surface area contributed by atoms with Gasteiger partial charge < -0.3 is 17.1 Å². The van der Waals surface area contributed by atoms with Gasteiger partial charge in [-0.3, -0.25) is 4.98 Å². The van der Waals surface area contributed by atoms with Gasteiger partial charge in [-0.15, -0.1) is 0 Å². The van der Waals surface area contributed by atoms with Gasteiger partial charge in [0, 0.05) is 0 Å². The van der Waals surface area contributed by atoms with Crippen LogP contribution < -0.4 is 21.7 Å². The zero-order chi connectivity index (χ0) is 10.7. The summed E-state index contributed by atoms with van der Waals surface area (Å²) in [7, 11) is 1.67. The van der Waals surface area contributed by atoms with Crippen molar-refractivity contribution in [2.75, 3.05) is 7.11 Å². The number of methoxy groups -OCH3 is 1. The van der Waals surface area contributed by atoms with E-state index in [1.165, 1.54) is 5.56 Å². The van der Waals surface area contributed by atoms with Crippen LogP contribution in [0, 0.1) is 0 Å². The first-order chi connectivity index (χ1) is 7.29. The quantitative estimate of drug-likeness (QED) is 0.734. The lowest BCUT2D eigenvalue weighted by atomic mass is 10.2. The standard InChI is InChI=1S/C11H11BrN2O.ClH/c1-15-11-3-2-9(6-10(11)12)7-14-5-4-13-8-14;/h2-6,8H,7H2,1H3;1H. The van der Waals surface area contributed by atoms with E-state index >= 15 is 0 Å². The fraction of sp³-hybridized carbons (Fsp3) is 0.182. The predicted octanol–water partition coefficient (Wildman–Crippen LogP) is -0.874. The van der Waals surface area contributed by atoms with Gasteiger partial charge in [-0.2, -0.15) is 0 Å². The average Bonchev–Trinajstić information content (AvgIpc) is 2.71. The Hall–Kier alpha value is -1.00. The number of hydrogen-bond acceptors (Lipinski definition) is 1. The van der Waals surface area contributed by atoms with Crippen LogP contribution in [0.15, 0.2) is 41.4 Å². The molecule has 0 aliphatic heterocycles. The second kappa shape index (κ2) is 5.92. The highest BCUT2D eigenvalue weighted by Crippen LogP contribution is 2.25. The normalized spacial score (nSPS) is 9.62. The Balaban J connectivity index is 0.00000128. The molecule has 1 heterocycles. The van der Waals surface area contributed by atoms with Gasteiger partial charge in [0.15, 0.2) is 0 Å². The van der Waals surface area contributed by atoms with E-state index in [9.17, 15) is 0 Å². The van der Waals surface area contributed by atoms with E-state index in [1.54, 1.807) is 7.11 Å². The number of nitrogens with one attached hydrogen (secondary N) is 1. The third-order valence-corrected chi connectivity index (χ3v) is 2.80. The van der Waals surface area contributed by atoms with Gasteiger partial charge in [0.25, 0.3) is 0 Å². The summed E-state index contributed by atoms with van der Waals surface area (Å²) in [6, 6.07) is 6.09. The van der Waals surface area contributed by atoms with Crippen molar-refractivity contribution in [1.82, 2.24) is 4.98 Å². The molecule has 2 aromatic rings. The first kappa shape index (κ1) is 13.1. The van der Waals surface area contributed by atoms with Gasteiger partial charge in [0.05, 0.1) is 11.6 Å². The second-order valence-corrected chi connectivity index (χ2v) is 4.11. The summed E-state index contributed by atoms with van der Waals surface area (Å²) in [6.45, 7) is 0.853. The number of aromatic amines is 1. The van der Waals surface area contributed by atoms with Crippen LogP contribution in [0.1, 0.15) is 5.56 Å². The Morgan fingerprint density at radius 3 is 2.81 bits per heavy atom. The molecule has 1 aromatic heterocycles. The molecule has 0 amide bonds. The second-order valence-electron chi connectivity index (χ2n) is 3.25. The number of imidazole rings is 1. The number of hydrogen-bond donors (Lipinski definition) is 1. The fourth-order valence-corrected chi connectivity index (χ4v) is 2.03. The maximum Gasteiger partial charge on any atom is 0.241 e. The molecule has 0 bridgehead atoms. The minimum atomic E-state index is 0. The molecule has 0 unspecified atom stereocenters. The van der Waals surface area contributed by atoms with Crippen LogP contribution in [0.25, 0.3) is 0 Å². The summed E-state index contributed by atoms with van der Waals surface area (Å²) < 4.78 is 8.24. The van der Waals surface area contributed by atoms with Gasteiger partial charge in [-0.25, -0.2) is 4.57 Å². The summed E-state index contributed by atoms with van der Waals surface area (Å²) in [5, 5.41) is 0. The van der Waals surface area contributed by atoms with Crippen LogP contribution in [0.4, 0.5) is 0 Å². The molecule has 1 aromatic carbocycles. The van der Waals surface area contributed by atoms with Crippen molar-refractivity contribution in [2.45, 2.75) is 6.54 Å². The Labute approximate surface area is 109 Å². The third kappa shape index (κ3) is 3.00. The van der Waals surface area contributed by atoms with Crippen molar-refractivity contribution in [3.8, 4) is 5.75 Å². The van der Waals surface area contributed by atoms with E-state index in [1.807, 2.05) is 24.8 Å². The highest BCUT2D eigenvalue weighted by Gasteiger charge is 2.04. The van der Waals surface area contributed by atoms with E-state index in [0.717, 1.165) is 16.8 Å². The predicted molar refractivity (Wildman–Crippen MR) is 60.8 cm³/mol. The first-order valence-electron chi connectivity index (χ1n) is 4.64. The molecular formula is C11H12BrClN2O. The molecule has 0 aliphatic rings. The number of aromatic nitrogens is 2. The van der Waals surface area contributed by atoms with Gasteiger partial charge in [-0.1, -0.05) is 6.07 Å². The van der Waals surface area contributed by atoms with E-state index in [4.69, 9.17) is 4.74 Å². The van der Waals surface area contributed by atoms with Crippen molar-refractivity contribution >= 4 is 15.9 Å². The van der Waals surface area contributed by atoms with E-state index in [2.05, 4.69) is 37.6 Å². The molecule has 0 aliphatic carbocycles. The molecule has 0 fully saturated rings. The zero-order valence-corrected chi connectivity index (χ0v) is 11.1. The number of halogens is 2. The molecule has 5 heteroatoms. The molecule has 0 radical (unpaired) electrons. The molecule has 0 spiro atoms. The maximum atomic E-state index is 5.18. The van der Waals surface area contributed by atoms with Crippen molar-refractivity contribution in [3.63, 3.8) is 0 Å². The molecule has 0 saturated carbocycles. The first-order valence-corrected chi connectivity index (χ1v) is 5.43. The monoisotopic (exact) mass is 302 g/mol. The van der Waals surface area contributed by atoms with Gasteiger partial charge in [0.1, 0.15) is 24.7 Å². The maximum absolute atomic E-state index is 5.18. The number of benzene rings is 1. The molecule has 3 nitrogen and oxygen atoms in total. The Morgan fingerprint density at radius 1 is 1.44 bits per heavy atom. The van der Waals surface area contributed by atoms with Crippen LogP contribution in [0.3, 0.4) is 0 Å². The summed E-state index contributed by atoms with van der Waals surface area (Å²) in [4.78, 5) is 3.01. The van der Waals surface area contributed by atoms with Gasteiger partial charge >= 0.3 is 0 Å². The number of nitrogens with zero attached hydrogens (tertiary/aromatic N) is 1. The topological polar surface area (TPSA) is 28.9 Å². The minimum absolute atomic E-state index is 0. The summed E-state index contributed by atoms with van der Waals surface area (Å²) in [5.41, 5.74) is 1.23. The Morgan fingerprint density at radius 2 is 2.25 bits per heavy atom. The van der Waals surface area contributed by atoms with Crippen molar-refractivity contribution < 1.29 is 21.7 Å². The van der Waals surface area contributed by atoms with Crippen molar-refractivity contribution in [2.24, 2.45) is 0 Å². The molecule has 2 rings (SSSR count). The number of ether oxygens (including phenoxy) is 1. The summed E-state index contributed by atoms with van der Waals surface area (Å²) in [6.07, 6.45) is 5.83.